The van der Waals surface area contributed by atoms with Crippen LogP contribution >= 0.6 is 0 Å². The smallest absolute Gasteiger partial charge is 0.310 e. The van der Waals surface area contributed by atoms with E-state index in [4.69, 9.17) is 4.74 Å². The number of aliphatic hydroxyl groups is 1. The van der Waals surface area contributed by atoms with Gasteiger partial charge in [-0.15, -0.1) is 0 Å². The van der Waals surface area contributed by atoms with Gasteiger partial charge in [0.1, 0.15) is 0 Å². The molecule has 0 aromatic heterocycles. The summed E-state index contributed by atoms with van der Waals surface area (Å²) in [6, 6.07) is 0. The van der Waals surface area contributed by atoms with Gasteiger partial charge in [-0.1, -0.05) is 37.6 Å². The van der Waals surface area contributed by atoms with Crippen molar-refractivity contribution in [1.29, 1.82) is 0 Å². The van der Waals surface area contributed by atoms with Crippen LogP contribution in [0.1, 0.15) is 59.3 Å². The Morgan fingerprint density at radius 1 is 1.26 bits per heavy atom. The van der Waals surface area contributed by atoms with E-state index in [1.165, 1.54) is 0 Å². The van der Waals surface area contributed by atoms with Crippen molar-refractivity contribution >= 4 is 11.8 Å². The average molecular weight is 320 g/mol. The van der Waals surface area contributed by atoms with Crippen LogP contribution in [0.2, 0.25) is 0 Å². The van der Waals surface area contributed by atoms with Crippen LogP contribution in [-0.4, -0.2) is 29.1 Å². The van der Waals surface area contributed by atoms with Gasteiger partial charge >= 0.3 is 5.97 Å². The fourth-order valence-electron chi connectivity index (χ4n) is 3.81. The van der Waals surface area contributed by atoms with E-state index < -0.39 is 18.2 Å². The molecule has 1 aliphatic carbocycles. The van der Waals surface area contributed by atoms with Crippen molar-refractivity contribution in [2.45, 2.75) is 71.5 Å². The zero-order valence-corrected chi connectivity index (χ0v) is 14.4. The lowest BCUT2D eigenvalue weighted by Crippen LogP contribution is -2.48. The van der Waals surface area contributed by atoms with Gasteiger partial charge in [0.2, 0.25) is 0 Å². The molecule has 4 heteroatoms. The molecule has 1 aliphatic heterocycles. The summed E-state index contributed by atoms with van der Waals surface area (Å²) in [5.41, 5.74) is 1.40. The molecule has 0 spiro atoms. The zero-order valence-electron chi connectivity index (χ0n) is 14.4. The van der Waals surface area contributed by atoms with Crippen LogP contribution in [0.5, 0.6) is 0 Å². The molecule has 2 aliphatic rings. The molecule has 2 rings (SSSR count). The Morgan fingerprint density at radius 3 is 2.61 bits per heavy atom. The van der Waals surface area contributed by atoms with Gasteiger partial charge in [0.05, 0.1) is 12.5 Å². The summed E-state index contributed by atoms with van der Waals surface area (Å²) in [5, 5.41) is 10.1. The average Bonchev–Trinajstić information content (AvgIpc) is 2.41. The summed E-state index contributed by atoms with van der Waals surface area (Å²) in [4.78, 5) is 24.5. The van der Waals surface area contributed by atoms with Crippen molar-refractivity contribution in [1.82, 2.24) is 0 Å². The summed E-state index contributed by atoms with van der Waals surface area (Å²) in [6.45, 7) is 9.91. The van der Waals surface area contributed by atoms with Crippen LogP contribution in [0.4, 0.5) is 0 Å². The van der Waals surface area contributed by atoms with Crippen LogP contribution < -0.4 is 0 Å². The highest BCUT2D eigenvalue weighted by molar-refractivity contribution is 5.87. The number of carbonyl (C=O) groups excluding carboxylic acids is 2. The first-order valence-electron chi connectivity index (χ1n) is 8.44. The highest BCUT2D eigenvalue weighted by Crippen LogP contribution is 2.44. The van der Waals surface area contributed by atoms with Gasteiger partial charge in [0.15, 0.2) is 11.9 Å². The molecule has 0 aromatic carbocycles. The van der Waals surface area contributed by atoms with E-state index in [-0.39, 0.29) is 17.6 Å². The van der Waals surface area contributed by atoms with E-state index in [1.54, 1.807) is 13.0 Å². The quantitative estimate of drug-likeness (QED) is 0.549. The molecule has 23 heavy (non-hydrogen) atoms. The molecule has 1 heterocycles. The lowest BCUT2D eigenvalue weighted by atomic mass is 9.64. The second-order valence-electron chi connectivity index (χ2n) is 7.64. The van der Waals surface area contributed by atoms with E-state index in [9.17, 15) is 14.7 Å². The molecular weight excluding hydrogens is 292 g/mol. The van der Waals surface area contributed by atoms with Gasteiger partial charge in [0.25, 0.3) is 0 Å². The summed E-state index contributed by atoms with van der Waals surface area (Å²) in [5.74, 6) is -0.0623. The van der Waals surface area contributed by atoms with Gasteiger partial charge in [-0.05, 0) is 38.5 Å². The Hall–Kier alpha value is -1.42. The fraction of sp³-hybridized carbons (Fsp3) is 0.684. The summed E-state index contributed by atoms with van der Waals surface area (Å²) < 4.78 is 5.56. The maximum Gasteiger partial charge on any atom is 0.310 e. The SMILES string of the molecule is C=C1CC[C@@H]2CCC(=O)[C@H](OC(=O)C/C(C)=C/[C@@H](O)C1)C2(C)C. The number of ketones is 1. The maximum atomic E-state index is 12.3. The first-order valence-corrected chi connectivity index (χ1v) is 8.44. The molecule has 0 aromatic rings. The number of hydrogen-bond acceptors (Lipinski definition) is 4. The van der Waals surface area contributed by atoms with Crippen LogP contribution in [0.3, 0.4) is 0 Å². The van der Waals surface area contributed by atoms with Crippen molar-refractivity contribution in [3.8, 4) is 0 Å². The number of aliphatic hydroxyl groups excluding tert-OH is 1. The second kappa shape index (κ2) is 7.00. The molecule has 128 valence electrons. The third-order valence-electron chi connectivity index (χ3n) is 5.25. The summed E-state index contributed by atoms with van der Waals surface area (Å²) in [7, 11) is 0. The Kier molecular flexibility index (Phi) is 5.45. The van der Waals surface area contributed by atoms with Crippen molar-refractivity contribution < 1.29 is 19.4 Å². The molecule has 1 saturated carbocycles. The van der Waals surface area contributed by atoms with Crippen LogP contribution in [0.15, 0.2) is 23.8 Å². The lowest BCUT2D eigenvalue weighted by Gasteiger charge is -2.43. The fourth-order valence-corrected chi connectivity index (χ4v) is 3.81. The van der Waals surface area contributed by atoms with Gasteiger partial charge in [-0.25, -0.2) is 0 Å². The summed E-state index contributed by atoms with van der Waals surface area (Å²) in [6.07, 6.45) is 4.04. The number of ether oxygens (including phenoxy) is 1. The van der Waals surface area contributed by atoms with Gasteiger partial charge < -0.3 is 9.84 Å². The Bertz CT molecular complexity index is 529. The third kappa shape index (κ3) is 4.31. The van der Waals surface area contributed by atoms with Crippen LogP contribution in [-0.2, 0) is 14.3 Å². The predicted octanol–water partition coefficient (Wildman–Crippen LogP) is 3.34. The highest BCUT2D eigenvalue weighted by Gasteiger charge is 2.47. The number of hydrogen-bond donors (Lipinski definition) is 1. The van der Waals surface area contributed by atoms with Gasteiger partial charge in [-0.3, -0.25) is 9.59 Å². The standard InChI is InChI=1S/C19H28O4/c1-12-5-6-14-7-8-16(21)18(19(14,3)4)23-17(22)11-13(2)10-15(20)9-12/h10,14-15,18,20H,1,5-9,11H2,2-4H3/b13-10+/t14-,15+,18+/m1/s1. The normalized spacial score (nSPS) is 35.2. The molecular formula is C19H28O4. The minimum absolute atomic E-state index is 0.0231. The molecule has 0 amide bonds. The van der Waals surface area contributed by atoms with Crippen molar-refractivity contribution in [3.05, 3.63) is 23.8 Å². The second-order valence-corrected chi connectivity index (χ2v) is 7.64. The Labute approximate surface area is 138 Å². The molecule has 0 radical (unpaired) electrons. The predicted molar refractivity (Wildman–Crippen MR) is 88.8 cm³/mol. The largest absolute Gasteiger partial charge is 0.454 e. The number of carbonyl (C=O) groups is 2. The van der Waals surface area contributed by atoms with E-state index in [0.29, 0.717) is 18.8 Å². The minimum atomic E-state index is -0.666. The molecule has 1 N–H and O–H groups in total. The van der Waals surface area contributed by atoms with Gasteiger partial charge in [0, 0.05) is 11.8 Å². The highest BCUT2D eigenvalue weighted by atomic mass is 16.5. The number of rotatable bonds is 0. The number of esters is 1. The Balaban J connectivity index is 2.28. The lowest BCUT2D eigenvalue weighted by molar-refractivity contribution is -0.168. The molecule has 0 saturated heterocycles. The van der Waals surface area contributed by atoms with E-state index in [0.717, 1.165) is 30.4 Å². The molecule has 3 atom stereocenters. The van der Waals surface area contributed by atoms with Crippen molar-refractivity contribution in [3.63, 3.8) is 0 Å². The van der Waals surface area contributed by atoms with Crippen molar-refractivity contribution in [2.24, 2.45) is 11.3 Å². The van der Waals surface area contributed by atoms with E-state index in [2.05, 4.69) is 6.58 Å². The van der Waals surface area contributed by atoms with Crippen LogP contribution in [0, 0.1) is 11.3 Å². The third-order valence-corrected chi connectivity index (χ3v) is 5.25. The minimum Gasteiger partial charge on any atom is -0.454 e. The molecule has 4 nitrogen and oxygen atoms in total. The maximum absolute atomic E-state index is 12.3. The summed E-state index contributed by atoms with van der Waals surface area (Å²) >= 11 is 0. The van der Waals surface area contributed by atoms with E-state index >= 15 is 0 Å². The first kappa shape index (κ1) is 17.9. The molecule has 2 bridgehead atoms. The number of fused-ring (bicyclic) bond motifs is 2. The van der Waals surface area contributed by atoms with E-state index in [1.807, 2.05) is 13.8 Å². The van der Waals surface area contributed by atoms with Crippen molar-refractivity contribution in [2.75, 3.05) is 0 Å². The Morgan fingerprint density at radius 2 is 1.91 bits per heavy atom. The van der Waals surface area contributed by atoms with Crippen LogP contribution in [0.25, 0.3) is 0 Å². The van der Waals surface area contributed by atoms with Gasteiger partial charge in [-0.2, -0.15) is 0 Å². The zero-order chi connectivity index (χ0) is 17.2. The number of Topliss-reactive ketones (excluding diaryl/α,β-unsaturated/α-hetero) is 1. The molecule has 0 unspecified atom stereocenters. The topological polar surface area (TPSA) is 63.6 Å². The first-order chi connectivity index (χ1) is 10.7. The molecule has 1 fully saturated rings. The monoisotopic (exact) mass is 320 g/mol.